The van der Waals surface area contributed by atoms with Gasteiger partial charge in [0, 0.05) is 31.0 Å². The third kappa shape index (κ3) is 4.12. The van der Waals surface area contributed by atoms with Gasteiger partial charge in [-0.3, -0.25) is 4.90 Å². The van der Waals surface area contributed by atoms with Crippen LogP contribution in [0.4, 0.5) is 0 Å². The lowest BCUT2D eigenvalue weighted by molar-refractivity contribution is 0.0644. The van der Waals surface area contributed by atoms with Crippen molar-refractivity contribution in [2.75, 3.05) is 13.2 Å². The molecule has 0 amide bonds. The fraction of sp³-hybridized carbons (Fsp3) is 0.600. The van der Waals surface area contributed by atoms with E-state index in [0.29, 0.717) is 18.5 Å². The third-order valence-corrected chi connectivity index (χ3v) is 4.49. The minimum atomic E-state index is 0.332. The minimum absolute atomic E-state index is 0.332. The van der Waals surface area contributed by atoms with Crippen molar-refractivity contribution in [3.8, 4) is 0 Å². The zero-order valence-electron chi connectivity index (χ0n) is 12.3. The van der Waals surface area contributed by atoms with Crippen molar-refractivity contribution in [2.45, 2.75) is 45.4 Å². The van der Waals surface area contributed by atoms with Crippen molar-refractivity contribution in [3.63, 3.8) is 0 Å². The second kappa shape index (κ2) is 7.15. The standard InChI is InChI=1S/C15H21N3O2S/c1-2-14-16-15(20-17-14)11-18(9-12-5-3-7-19-12)10-13-6-4-8-21-13/h4,6,8,12H,2-3,5,7,9-11H2,1H3/t12-/m1/s1. The Morgan fingerprint density at radius 1 is 1.43 bits per heavy atom. The molecule has 0 bridgehead atoms. The number of aryl methyl sites for hydroxylation is 1. The van der Waals surface area contributed by atoms with Gasteiger partial charge in [-0.05, 0) is 24.3 Å². The average Bonchev–Trinajstić information content (AvgIpc) is 3.20. The summed E-state index contributed by atoms with van der Waals surface area (Å²) >= 11 is 1.78. The van der Waals surface area contributed by atoms with Crippen molar-refractivity contribution >= 4 is 11.3 Å². The van der Waals surface area contributed by atoms with Gasteiger partial charge in [0.1, 0.15) is 0 Å². The smallest absolute Gasteiger partial charge is 0.240 e. The second-order valence-electron chi connectivity index (χ2n) is 5.34. The van der Waals surface area contributed by atoms with Crippen LogP contribution in [-0.2, 0) is 24.2 Å². The maximum atomic E-state index is 5.76. The summed E-state index contributed by atoms with van der Waals surface area (Å²) in [6, 6.07) is 4.25. The minimum Gasteiger partial charge on any atom is -0.377 e. The predicted molar refractivity (Wildman–Crippen MR) is 81.1 cm³/mol. The van der Waals surface area contributed by atoms with E-state index in [9.17, 15) is 0 Å². The van der Waals surface area contributed by atoms with Crippen molar-refractivity contribution in [3.05, 3.63) is 34.1 Å². The summed E-state index contributed by atoms with van der Waals surface area (Å²) in [4.78, 5) is 8.11. The molecular weight excluding hydrogens is 286 g/mol. The van der Waals surface area contributed by atoms with E-state index in [0.717, 1.165) is 44.8 Å². The van der Waals surface area contributed by atoms with E-state index in [4.69, 9.17) is 9.26 Å². The molecule has 3 heterocycles. The van der Waals surface area contributed by atoms with E-state index in [2.05, 4.69) is 32.6 Å². The summed E-state index contributed by atoms with van der Waals surface area (Å²) in [6.07, 6.45) is 3.45. The zero-order chi connectivity index (χ0) is 14.5. The van der Waals surface area contributed by atoms with Crippen LogP contribution in [0, 0.1) is 0 Å². The largest absolute Gasteiger partial charge is 0.377 e. The van der Waals surface area contributed by atoms with Crippen LogP contribution in [0.15, 0.2) is 22.0 Å². The van der Waals surface area contributed by atoms with Crippen LogP contribution in [-0.4, -0.2) is 34.3 Å². The normalized spacial score (nSPS) is 18.7. The van der Waals surface area contributed by atoms with Gasteiger partial charge >= 0.3 is 0 Å². The number of hydrogen-bond donors (Lipinski definition) is 0. The fourth-order valence-corrected chi connectivity index (χ4v) is 3.32. The van der Waals surface area contributed by atoms with Crippen molar-refractivity contribution < 1.29 is 9.26 Å². The van der Waals surface area contributed by atoms with E-state index in [1.165, 1.54) is 4.88 Å². The number of ether oxygens (including phenoxy) is 1. The lowest BCUT2D eigenvalue weighted by Crippen LogP contribution is -2.31. The maximum Gasteiger partial charge on any atom is 0.240 e. The van der Waals surface area contributed by atoms with Crippen molar-refractivity contribution in [2.24, 2.45) is 0 Å². The maximum absolute atomic E-state index is 5.76. The van der Waals surface area contributed by atoms with Crippen molar-refractivity contribution in [1.29, 1.82) is 0 Å². The Hall–Kier alpha value is -1.24. The number of aromatic nitrogens is 2. The first-order valence-electron chi connectivity index (χ1n) is 7.51. The third-order valence-electron chi connectivity index (χ3n) is 3.63. The molecule has 6 heteroatoms. The summed E-state index contributed by atoms with van der Waals surface area (Å²) in [5, 5.41) is 6.09. The van der Waals surface area contributed by atoms with Crippen LogP contribution >= 0.6 is 11.3 Å². The molecule has 1 atom stereocenters. The van der Waals surface area contributed by atoms with Crippen LogP contribution in [0.2, 0.25) is 0 Å². The SMILES string of the molecule is CCc1noc(CN(Cc2cccs2)C[C@H]2CCCO2)n1. The van der Waals surface area contributed by atoms with Gasteiger partial charge in [-0.1, -0.05) is 18.1 Å². The summed E-state index contributed by atoms with van der Waals surface area (Å²) in [5.74, 6) is 1.47. The summed E-state index contributed by atoms with van der Waals surface area (Å²) < 4.78 is 11.1. The molecule has 1 fully saturated rings. The molecule has 1 saturated heterocycles. The highest BCUT2D eigenvalue weighted by Crippen LogP contribution is 2.18. The number of rotatable bonds is 7. The lowest BCUT2D eigenvalue weighted by atomic mass is 10.2. The van der Waals surface area contributed by atoms with Crippen LogP contribution in [0.5, 0.6) is 0 Å². The van der Waals surface area contributed by atoms with E-state index >= 15 is 0 Å². The first kappa shape index (κ1) is 14.7. The molecule has 0 N–H and O–H groups in total. The first-order valence-corrected chi connectivity index (χ1v) is 8.39. The second-order valence-corrected chi connectivity index (χ2v) is 6.37. The first-order chi connectivity index (χ1) is 10.3. The van der Waals surface area contributed by atoms with Gasteiger partial charge in [-0.25, -0.2) is 0 Å². The quantitative estimate of drug-likeness (QED) is 0.787. The van der Waals surface area contributed by atoms with Crippen molar-refractivity contribution in [1.82, 2.24) is 15.0 Å². The number of nitrogens with zero attached hydrogens (tertiary/aromatic N) is 3. The van der Waals surface area contributed by atoms with Crippen LogP contribution in [0.1, 0.15) is 36.4 Å². The molecule has 3 rings (SSSR count). The Morgan fingerprint density at radius 3 is 3.05 bits per heavy atom. The zero-order valence-corrected chi connectivity index (χ0v) is 13.1. The molecule has 0 radical (unpaired) electrons. The molecule has 2 aromatic rings. The average molecular weight is 307 g/mol. The molecule has 0 aromatic carbocycles. The van der Waals surface area contributed by atoms with Crippen LogP contribution in [0.3, 0.4) is 0 Å². The Bertz CT molecular complexity index is 535. The summed E-state index contributed by atoms with van der Waals surface area (Å²) in [7, 11) is 0. The Balaban J connectivity index is 1.64. The molecule has 2 aromatic heterocycles. The van der Waals surface area contributed by atoms with Gasteiger partial charge in [0.25, 0.3) is 0 Å². The fourth-order valence-electron chi connectivity index (χ4n) is 2.57. The van der Waals surface area contributed by atoms with Gasteiger partial charge in [0.05, 0.1) is 12.6 Å². The van der Waals surface area contributed by atoms with Gasteiger partial charge in [0.15, 0.2) is 5.82 Å². The Kier molecular flexibility index (Phi) is 5.00. The molecule has 0 aliphatic carbocycles. The topological polar surface area (TPSA) is 51.4 Å². The highest BCUT2D eigenvalue weighted by molar-refractivity contribution is 7.09. The monoisotopic (exact) mass is 307 g/mol. The van der Waals surface area contributed by atoms with E-state index in [1.807, 2.05) is 6.92 Å². The van der Waals surface area contributed by atoms with Gasteiger partial charge < -0.3 is 9.26 Å². The molecule has 5 nitrogen and oxygen atoms in total. The van der Waals surface area contributed by atoms with Gasteiger partial charge in [-0.15, -0.1) is 11.3 Å². The lowest BCUT2D eigenvalue weighted by Gasteiger charge is -2.23. The molecule has 0 spiro atoms. The van der Waals surface area contributed by atoms with E-state index in [-0.39, 0.29) is 0 Å². The molecule has 0 saturated carbocycles. The van der Waals surface area contributed by atoms with E-state index in [1.54, 1.807) is 11.3 Å². The summed E-state index contributed by atoms with van der Waals surface area (Å²) in [5.41, 5.74) is 0. The van der Waals surface area contributed by atoms with Crippen LogP contribution in [0.25, 0.3) is 0 Å². The molecule has 1 aliphatic rings. The molecule has 21 heavy (non-hydrogen) atoms. The molecule has 114 valence electrons. The predicted octanol–water partition coefficient (Wildman–Crippen LogP) is 2.87. The Morgan fingerprint density at radius 2 is 2.38 bits per heavy atom. The number of thiophene rings is 1. The molecule has 0 unspecified atom stereocenters. The van der Waals surface area contributed by atoms with Crippen LogP contribution < -0.4 is 0 Å². The Labute approximate surface area is 128 Å². The van der Waals surface area contributed by atoms with E-state index < -0.39 is 0 Å². The summed E-state index contributed by atoms with van der Waals surface area (Å²) in [6.45, 7) is 5.43. The van der Waals surface area contributed by atoms with Gasteiger partial charge in [0.2, 0.25) is 5.89 Å². The van der Waals surface area contributed by atoms with Gasteiger partial charge in [-0.2, -0.15) is 4.98 Å². The molecular formula is C15H21N3O2S. The highest BCUT2D eigenvalue weighted by atomic mass is 32.1. The number of hydrogen-bond acceptors (Lipinski definition) is 6. The molecule has 1 aliphatic heterocycles. The highest BCUT2D eigenvalue weighted by Gasteiger charge is 2.21.